The molecule has 1 aliphatic heterocycles. The van der Waals surface area contributed by atoms with Crippen LogP contribution in [0.2, 0.25) is 0 Å². The number of alkyl carbamates (subject to hydrolysis) is 1. The minimum Gasteiger partial charge on any atom is -0.486 e. The highest BCUT2D eigenvalue weighted by atomic mass is 19.1. The fraction of sp³-hybridized carbons (Fsp3) is 0.409. The summed E-state index contributed by atoms with van der Waals surface area (Å²) in [5, 5.41) is 2.82. The van der Waals surface area contributed by atoms with Crippen LogP contribution in [0.15, 0.2) is 48.5 Å². The average Bonchev–Trinajstić information content (AvgIpc) is 3.45. The zero-order valence-corrected chi connectivity index (χ0v) is 16.4. The second-order valence-electron chi connectivity index (χ2n) is 7.87. The lowest BCUT2D eigenvalue weighted by Crippen LogP contribution is -2.43. The van der Waals surface area contributed by atoms with E-state index in [0.717, 1.165) is 11.1 Å². The summed E-state index contributed by atoms with van der Waals surface area (Å²) in [6, 6.07) is 14.2. The molecular weight excluding hydrogens is 361 g/mol. The van der Waals surface area contributed by atoms with Gasteiger partial charge in [0.05, 0.1) is 12.6 Å². The highest BCUT2D eigenvalue weighted by Gasteiger charge is 2.35. The van der Waals surface area contributed by atoms with E-state index >= 15 is 0 Å². The number of carbonyl (C=O) groups excluding carboxylic acids is 1. The van der Waals surface area contributed by atoms with Gasteiger partial charge >= 0.3 is 6.09 Å². The number of amides is 1. The fourth-order valence-corrected chi connectivity index (χ4v) is 2.80. The molecule has 0 spiro atoms. The van der Waals surface area contributed by atoms with Crippen LogP contribution in [0.4, 0.5) is 9.18 Å². The maximum Gasteiger partial charge on any atom is 0.407 e. The molecule has 1 N–H and O–H groups in total. The monoisotopic (exact) mass is 387 g/mol. The third kappa shape index (κ3) is 6.23. The van der Waals surface area contributed by atoms with Gasteiger partial charge in [-0.2, -0.15) is 0 Å². The van der Waals surface area contributed by atoms with Gasteiger partial charge in [-0.1, -0.05) is 36.4 Å². The lowest BCUT2D eigenvalue weighted by Gasteiger charge is -2.23. The molecule has 0 bridgehead atoms. The van der Waals surface area contributed by atoms with Crippen molar-refractivity contribution < 1.29 is 23.4 Å². The average molecular weight is 387 g/mol. The lowest BCUT2D eigenvalue weighted by atomic mass is 10.0. The van der Waals surface area contributed by atoms with Crippen molar-refractivity contribution in [3.8, 4) is 5.75 Å². The number of benzene rings is 2. The topological polar surface area (TPSA) is 60.1 Å². The Labute approximate surface area is 164 Å². The number of nitrogens with one attached hydrogen (secondary N) is 1. The Morgan fingerprint density at radius 3 is 2.54 bits per heavy atom. The third-order valence-electron chi connectivity index (χ3n) is 4.20. The van der Waals surface area contributed by atoms with E-state index in [9.17, 15) is 9.18 Å². The highest BCUT2D eigenvalue weighted by Crippen LogP contribution is 2.23. The van der Waals surface area contributed by atoms with E-state index in [1.807, 2.05) is 30.3 Å². The van der Waals surface area contributed by atoms with Crippen molar-refractivity contribution in [3.05, 3.63) is 65.5 Å². The molecule has 0 aliphatic carbocycles. The van der Waals surface area contributed by atoms with Crippen LogP contribution in [0.3, 0.4) is 0 Å². The van der Waals surface area contributed by atoms with Crippen LogP contribution in [-0.4, -0.2) is 30.4 Å². The predicted octanol–water partition coefficient (Wildman–Crippen LogP) is 4.24. The minimum atomic E-state index is -0.580. The number of ether oxygens (including phenoxy) is 3. The molecule has 5 nitrogen and oxygen atoms in total. The Morgan fingerprint density at radius 2 is 1.93 bits per heavy atom. The molecule has 28 heavy (non-hydrogen) atoms. The summed E-state index contributed by atoms with van der Waals surface area (Å²) in [6.45, 7) is 6.29. The van der Waals surface area contributed by atoms with Crippen molar-refractivity contribution in [1.82, 2.24) is 5.32 Å². The summed E-state index contributed by atoms with van der Waals surface area (Å²) in [4.78, 5) is 12.0. The normalized spacial score (nSPS) is 16.9. The van der Waals surface area contributed by atoms with Crippen LogP contribution in [0, 0.1) is 5.82 Å². The number of carbonyl (C=O) groups is 1. The Balaban J connectivity index is 1.59. The van der Waals surface area contributed by atoms with Crippen molar-refractivity contribution in [2.75, 3.05) is 6.61 Å². The van der Waals surface area contributed by atoms with E-state index in [-0.39, 0.29) is 17.9 Å². The molecule has 1 amide bonds. The first-order valence-corrected chi connectivity index (χ1v) is 9.36. The Morgan fingerprint density at radius 1 is 1.21 bits per heavy atom. The highest BCUT2D eigenvalue weighted by molar-refractivity contribution is 5.68. The van der Waals surface area contributed by atoms with Crippen LogP contribution in [0.25, 0.3) is 0 Å². The van der Waals surface area contributed by atoms with Gasteiger partial charge in [-0.15, -0.1) is 0 Å². The van der Waals surface area contributed by atoms with Crippen LogP contribution in [0.5, 0.6) is 5.75 Å². The van der Waals surface area contributed by atoms with Gasteiger partial charge in [0.1, 0.15) is 18.3 Å². The summed E-state index contributed by atoms with van der Waals surface area (Å²) in [6.07, 6.45) is -0.138. The van der Waals surface area contributed by atoms with Crippen LogP contribution >= 0.6 is 0 Å². The summed E-state index contributed by atoms with van der Waals surface area (Å²) < 4.78 is 30.6. The lowest BCUT2D eigenvalue weighted by molar-refractivity contribution is 0.0495. The van der Waals surface area contributed by atoms with E-state index in [0.29, 0.717) is 19.6 Å². The van der Waals surface area contributed by atoms with Crippen molar-refractivity contribution in [3.63, 3.8) is 0 Å². The van der Waals surface area contributed by atoms with E-state index in [4.69, 9.17) is 14.2 Å². The Hall–Kier alpha value is -2.60. The van der Waals surface area contributed by atoms with Gasteiger partial charge in [0.2, 0.25) is 0 Å². The zero-order valence-electron chi connectivity index (χ0n) is 16.4. The maximum atomic E-state index is 14.4. The standard InChI is InChI=1S/C22H26FNO4/c1-22(2,3)28-21(25)24-18(20-14-27-20)12-16-9-10-19(17(23)11-16)26-13-15-7-5-4-6-8-15/h4-11,18,20H,12-14H2,1-3H3,(H,24,25)/t18-,20+/m0/s1. The zero-order chi connectivity index (χ0) is 20.1. The third-order valence-corrected chi connectivity index (χ3v) is 4.20. The molecule has 0 saturated carbocycles. The van der Waals surface area contributed by atoms with Crippen molar-refractivity contribution in [2.24, 2.45) is 0 Å². The van der Waals surface area contributed by atoms with Crippen molar-refractivity contribution >= 4 is 6.09 Å². The molecular formula is C22H26FNO4. The molecule has 3 rings (SSSR count). The predicted molar refractivity (Wildman–Crippen MR) is 104 cm³/mol. The minimum absolute atomic E-state index is 0.0791. The van der Waals surface area contributed by atoms with E-state index in [1.54, 1.807) is 32.9 Å². The molecule has 2 aromatic rings. The number of halogens is 1. The molecule has 0 aromatic heterocycles. The van der Waals surface area contributed by atoms with E-state index < -0.39 is 17.5 Å². The van der Waals surface area contributed by atoms with Gasteiger partial charge in [-0.25, -0.2) is 9.18 Å². The van der Waals surface area contributed by atoms with Crippen LogP contribution < -0.4 is 10.1 Å². The number of hydrogen-bond donors (Lipinski definition) is 1. The van der Waals surface area contributed by atoms with E-state index in [2.05, 4.69) is 5.32 Å². The number of rotatable bonds is 7. The molecule has 0 unspecified atom stereocenters. The van der Waals surface area contributed by atoms with Gasteiger partial charge < -0.3 is 19.5 Å². The van der Waals surface area contributed by atoms with E-state index in [1.165, 1.54) is 6.07 Å². The molecule has 1 fully saturated rings. The first-order valence-electron chi connectivity index (χ1n) is 9.36. The van der Waals surface area contributed by atoms with Gasteiger partial charge in [0.25, 0.3) is 0 Å². The molecule has 0 radical (unpaired) electrons. The molecule has 1 heterocycles. The number of epoxide rings is 1. The van der Waals surface area contributed by atoms with Crippen LogP contribution in [-0.2, 0) is 22.5 Å². The molecule has 2 aromatic carbocycles. The second-order valence-corrected chi connectivity index (χ2v) is 7.87. The van der Waals surface area contributed by atoms with Gasteiger partial charge in [-0.3, -0.25) is 0 Å². The van der Waals surface area contributed by atoms with Gasteiger partial charge in [-0.05, 0) is 50.5 Å². The number of hydrogen-bond acceptors (Lipinski definition) is 4. The van der Waals surface area contributed by atoms with Crippen LogP contribution in [0.1, 0.15) is 31.9 Å². The van der Waals surface area contributed by atoms with Gasteiger partial charge in [0.15, 0.2) is 11.6 Å². The molecule has 2 atom stereocenters. The molecule has 1 aliphatic rings. The van der Waals surface area contributed by atoms with Gasteiger partial charge in [0, 0.05) is 0 Å². The van der Waals surface area contributed by atoms with Crippen molar-refractivity contribution in [1.29, 1.82) is 0 Å². The summed E-state index contributed by atoms with van der Waals surface area (Å²) >= 11 is 0. The Kier molecular flexibility index (Phi) is 6.19. The molecule has 6 heteroatoms. The summed E-state index contributed by atoms with van der Waals surface area (Å²) in [5.74, 6) is -0.229. The maximum absolute atomic E-state index is 14.4. The first-order chi connectivity index (χ1) is 13.3. The smallest absolute Gasteiger partial charge is 0.407 e. The van der Waals surface area contributed by atoms with Crippen molar-refractivity contribution in [2.45, 2.75) is 51.5 Å². The summed E-state index contributed by atoms with van der Waals surface area (Å²) in [5.41, 5.74) is 1.14. The largest absolute Gasteiger partial charge is 0.486 e. The second kappa shape index (κ2) is 8.61. The first kappa shape index (κ1) is 20.1. The fourth-order valence-electron chi connectivity index (χ4n) is 2.80. The SMILES string of the molecule is CC(C)(C)OC(=O)N[C@@H](Cc1ccc(OCc2ccccc2)c(F)c1)[C@H]1CO1. The summed E-state index contributed by atoms with van der Waals surface area (Å²) in [7, 11) is 0. The Bertz CT molecular complexity index is 800. The molecule has 1 saturated heterocycles. The quantitative estimate of drug-likeness (QED) is 0.722. The molecule has 150 valence electrons.